The Kier molecular flexibility index (Phi) is 8.80. The van der Waals surface area contributed by atoms with E-state index < -0.39 is 23.8 Å². The first-order chi connectivity index (χ1) is 10.9. The van der Waals surface area contributed by atoms with Crippen LogP contribution in [0.25, 0.3) is 0 Å². The third kappa shape index (κ3) is 6.83. The van der Waals surface area contributed by atoms with Crippen molar-refractivity contribution in [2.45, 2.75) is 25.1 Å². The molecule has 2 aromatic carbocycles. The van der Waals surface area contributed by atoms with E-state index in [1.807, 2.05) is 24.3 Å². The predicted octanol–water partition coefficient (Wildman–Crippen LogP) is 3.17. The first-order valence-corrected chi connectivity index (χ1v) is 8.07. The minimum Gasteiger partial charge on any atom is -0.390 e. The van der Waals surface area contributed by atoms with Crippen LogP contribution in [0.5, 0.6) is 0 Å². The Morgan fingerprint density at radius 2 is 1.75 bits per heavy atom. The number of nitrogens with one attached hydrogen (secondary N) is 1. The van der Waals surface area contributed by atoms with Gasteiger partial charge in [0, 0.05) is 29.7 Å². The average molecular weight is 422 g/mol. The predicted molar refractivity (Wildman–Crippen MR) is 97.1 cm³/mol. The van der Waals surface area contributed by atoms with E-state index in [9.17, 15) is 13.9 Å². The Morgan fingerprint density at radius 1 is 1.08 bits per heavy atom. The molecule has 0 bridgehead atoms. The van der Waals surface area contributed by atoms with Crippen LogP contribution < -0.4 is 11.1 Å². The van der Waals surface area contributed by atoms with E-state index in [0.29, 0.717) is 18.7 Å². The van der Waals surface area contributed by atoms with E-state index in [2.05, 4.69) is 21.2 Å². The maximum absolute atomic E-state index is 13.1. The average Bonchev–Trinajstić information content (AvgIpc) is 2.46. The molecule has 2 atom stereocenters. The second-order valence-corrected chi connectivity index (χ2v) is 6.39. The van der Waals surface area contributed by atoms with Crippen LogP contribution >= 0.6 is 28.3 Å². The SMILES string of the molecule is Cl.N[C@@H](Cc1cc(F)cc(F)c1)[C@H](O)CNCc1cccc(Br)c1. The molecule has 0 saturated heterocycles. The summed E-state index contributed by atoms with van der Waals surface area (Å²) in [6, 6.07) is 10.5. The molecule has 24 heavy (non-hydrogen) atoms. The van der Waals surface area contributed by atoms with Gasteiger partial charge in [0.15, 0.2) is 0 Å². The number of hydrogen-bond donors (Lipinski definition) is 3. The molecule has 0 aliphatic heterocycles. The van der Waals surface area contributed by atoms with E-state index >= 15 is 0 Å². The highest BCUT2D eigenvalue weighted by atomic mass is 79.9. The zero-order valence-corrected chi connectivity index (χ0v) is 15.3. The molecular weight excluding hydrogens is 402 g/mol. The molecule has 132 valence electrons. The highest BCUT2D eigenvalue weighted by molar-refractivity contribution is 9.10. The van der Waals surface area contributed by atoms with Gasteiger partial charge < -0.3 is 16.2 Å². The van der Waals surface area contributed by atoms with Gasteiger partial charge in [0.05, 0.1) is 6.10 Å². The van der Waals surface area contributed by atoms with Crippen LogP contribution in [0.3, 0.4) is 0 Å². The molecule has 0 aliphatic carbocycles. The van der Waals surface area contributed by atoms with Gasteiger partial charge in [-0.2, -0.15) is 0 Å². The van der Waals surface area contributed by atoms with Gasteiger partial charge in [0.25, 0.3) is 0 Å². The lowest BCUT2D eigenvalue weighted by molar-refractivity contribution is 0.141. The zero-order chi connectivity index (χ0) is 16.8. The van der Waals surface area contributed by atoms with Crippen molar-refractivity contribution in [1.82, 2.24) is 5.32 Å². The quantitative estimate of drug-likeness (QED) is 0.644. The zero-order valence-electron chi connectivity index (χ0n) is 12.9. The summed E-state index contributed by atoms with van der Waals surface area (Å²) in [5.41, 5.74) is 7.42. The monoisotopic (exact) mass is 420 g/mol. The molecule has 0 unspecified atom stereocenters. The fourth-order valence-corrected chi connectivity index (χ4v) is 2.75. The Morgan fingerprint density at radius 3 is 2.38 bits per heavy atom. The molecule has 2 aromatic rings. The Balaban J connectivity index is 0.00000288. The van der Waals surface area contributed by atoms with E-state index in [1.54, 1.807) is 0 Å². The maximum atomic E-state index is 13.1. The summed E-state index contributed by atoms with van der Waals surface area (Å²) >= 11 is 3.40. The normalized spacial score (nSPS) is 13.2. The molecule has 0 radical (unpaired) electrons. The van der Waals surface area contributed by atoms with Crippen molar-refractivity contribution in [2.24, 2.45) is 5.73 Å². The summed E-state index contributed by atoms with van der Waals surface area (Å²) in [4.78, 5) is 0. The number of aliphatic hydroxyl groups excluding tert-OH is 1. The molecule has 4 N–H and O–H groups in total. The van der Waals surface area contributed by atoms with Crippen molar-refractivity contribution in [3.8, 4) is 0 Å². The molecule has 2 rings (SSSR count). The van der Waals surface area contributed by atoms with Crippen LogP contribution in [0.4, 0.5) is 8.78 Å². The standard InChI is InChI=1S/C17H19BrF2N2O.ClH/c18-13-3-1-2-11(4-13)9-22-10-17(23)16(21)7-12-5-14(19)8-15(20)6-12;/h1-6,8,16-17,22-23H,7,9-10,21H2;1H/t16-,17+;/m0./s1. The number of halogens is 4. The number of nitrogens with two attached hydrogens (primary N) is 1. The van der Waals surface area contributed by atoms with Gasteiger partial charge in [-0.3, -0.25) is 0 Å². The van der Waals surface area contributed by atoms with Crippen LogP contribution in [-0.4, -0.2) is 23.8 Å². The van der Waals surface area contributed by atoms with Gasteiger partial charge >= 0.3 is 0 Å². The van der Waals surface area contributed by atoms with Crippen LogP contribution in [0.2, 0.25) is 0 Å². The van der Waals surface area contributed by atoms with Crippen molar-refractivity contribution >= 4 is 28.3 Å². The second kappa shape index (κ2) is 10.1. The van der Waals surface area contributed by atoms with E-state index in [0.717, 1.165) is 16.1 Å². The van der Waals surface area contributed by atoms with Gasteiger partial charge in [-0.05, 0) is 41.8 Å². The Bertz CT molecular complexity index is 640. The van der Waals surface area contributed by atoms with Gasteiger partial charge in [-0.1, -0.05) is 28.1 Å². The van der Waals surface area contributed by atoms with Crippen molar-refractivity contribution in [2.75, 3.05) is 6.54 Å². The fourth-order valence-electron chi connectivity index (χ4n) is 2.30. The van der Waals surface area contributed by atoms with Crippen LogP contribution in [0, 0.1) is 11.6 Å². The summed E-state index contributed by atoms with van der Waals surface area (Å²) in [5.74, 6) is -1.29. The van der Waals surface area contributed by atoms with Gasteiger partial charge in [-0.15, -0.1) is 12.4 Å². The highest BCUT2D eigenvalue weighted by Crippen LogP contribution is 2.12. The van der Waals surface area contributed by atoms with Gasteiger partial charge in [-0.25, -0.2) is 8.78 Å². The molecule has 0 spiro atoms. The van der Waals surface area contributed by atoms with Crippen molar-refractivity contribution in [1.29, 1.82) is 0 Å². The molecular formula is C17H20BrClF2N2O. The first kappa shape index (κ1) is 21.0. The lowest BCUT2D eigenvalue weighted by Crippen LogP contribution is -2.43. The summed E-state index contributed by atoms with van der Waals surface area (Å²) in [6.07, 6.45) is -0.609. The fraction of sp³-hybridized carbons (Fsp3) is 0.294. The number of benzene rings is 2. The topological polar surface area (TPSA) is 58.3 Å². The van der Waals surface area contributed by atoms with Crippen molar-refractivity contribution < 1.29 is 13.9 Å². The summed E-state index contributed by atoms with van der Waals surface area (Å²) < 4.78 is 27.3. The summed E-state index contributed by atoms with van der Waals surface area (Å²) in [6.45, 7) is 0.892. The second-order valence-electron chi connectivity index (χ2n) is 5.47. The van der Waals surface area contributed by atoms with E-state index in [-0.39, 0.29) is 18.8 Å². The minimum absolute atomic E-state index is 0. The van der Waals surface area contributed by atoms with Crippen LogP contribution in [-0.2, 0) is 13.0 Å². The first-order valence-electron chi connectivity index (χ1n) is 7.28. The molecule has 0 aromatic heterocycles. The van der Waals surface area contributed by atoms with Crippen LogP contribution in [0.15, 0.2) is 46.9 Å². The lowest BCUT2D eigenvalue weighted by atomic mass is 10.0. The largest absolute Gasteiger partial charge is 0.390 e. The molecule has 0 fully saturated rings. The molecule has 0 heterocycles. The minimum atomic E-state index is -0.812. The third-order valence-corrected chi connectivity index (χ3v) is 3.95. The van der Waals surface area contributed by atoms with E-state index in [1.165, 1.54) is 12.1 Å². The van der Waals surface area contributed by atoms with Gasteiger partial charge in [0.1, 0.15) is 11.6 Å². The summed E-state index contributed by atoms with van der Waals surface area (Å²) in [7, 11) is 0. The molecule has 0 amide bonds. The maximum Gasteiger partial charge on any atom is 0.126 e. The smallest absolute Gasteiger partial charge is 0.126 e. The highest BCUT2D eigenvalue weighted by Gasteiger charge is 2.16. The number of rotatable bonds is 7. The summed E-state index contributed by atoms with van der Waals surface area (Å²) in [5, 5.41) is 13.2. The van der Waals surface area contributed by atoms with E-state index in [4.69, 9.17) is 5.73 Å². The van der Waals surface area contributed by atoms with Gasteiger partial charge in [0.2, 0.25) is 0 Å². The van der Waals surface area contributed by atoms with Crippen molar-refractivity contribution in [3.05, 3.63) is 69.7 Å². The van der Waals surface area contributed by atoms with Crippen LogP contribution in [0.1, 0.15) is 11.1 Å². The van der Waals surface area contributed by atoms with Crippen molar-refractivity contribution in [3.63, 3.8) is 0 Å². The lowest BCUT2D eigenvalue weighted by Gasteiger charge is -2.19. The molecule has 0 saturated carbocycles. The third-order valence-electron chi connectivity index (χ3n) is 3.46. The molecule has 3 nitrogen and oxygen atoms in total. The Labute approximate surface area is 154 Å². The number of aliphatic hydroxyl groups is 1. The molecule has 0 aliphatic rings. The molecule has 7 heteroatoms. The Hall–Kier alpha value is -1.05. The number of hydrogen-bond acceptors (Lipinski definition) is 3.